The van der Waals surface area contributed by atoms with E-state index in [1.807, 2.05) is 37.3 Å². The van der Waals surface area contributed by atoms with E-state index in [0.29, 0.717) is 30.8 Å². The van der Waals surface area contributed by atoms with Crippen LogP contribution in [0.25, 0.3) is 5.69 Å². The summed E-state index contributed by atoms with van der Waals surface area (Å²) in [6.45, 7) is 5.33. The molecule has 1 N–H and O–H groups in total. The predicted octanol–water partition coefficient (Wildman–Crippen LogP) is 5.24. The molecule has 1 saturated carbocycles. The molecule has 1 aliphatic rings. The number of aliphatic hydroxyl groups excluding tert-OH is 1. The van der Waals surface area contributed by atoms with Crippen LogP contribution >= 0.6 is 0 Å². The number of rotatable bonds is 10. The van der Waals surface area contributed by atoms with Gasteiger partial charge in [0, 0.05) is 25.2 Å². The van der Waals surface area contributed by atoms with Gasteiger partial charge in [-0.05, 0) is 50.5 Å². The molecule has 0 unspecified atom stereocenters. The minimum Gasteiger partial charge on any atom is -0.438 e. The van der Waals surface area contributed by atoms with Gasteiger partial charge in [0.05, 0.1) is 23.0 Å². The Hall–Kier alpha value is -2.70. The monoisotopic (exact) mass is 423 g/mol. The molecule has 0 radical (unpaired) electrons. The van der Waals surface area contributed by atoms with Crippen LogP contribution in [0.1, 0.15) is 43.9 Å². The molecule has 1 aromatic heterocycles. The van der Waals surface area contributed by atoms with Gasteiger partial charge in [-0.25, -0.2) is 9.07 Å². The van der Waals surface area contributed by atoms with Crippen molar-refractivity contribution in [3.63, 3.8) is 0 Å². The minimum absolute atomic E-state index is 0.344. The molecule has 1 fully saturated rings. The van der Waals surface area contributed by atoms with Crippen molar-refractivity contribution in [1.29, 1.82) is 0 Å². The Kier molecular flexibility index (Phi) is 6.68. The van der Waals surface area contributed by atoms with E-state index >= 15 is 0 Å². The first kappa shape index (κ1) is 21.5. The van der Waals surface area contributed by atoms with E-state index < -0.39 is 0 Å². The van der Waals surface area contributed by atoms with Crippen molar-refractivity contribution in [3.05, 3.63) is 71.7 Å². The van der Waals surface area contributed by atoms with Crippen molar-refractivity contribution < 1.29 is 14.2 Å². The lowest BCUT2D eigenvalue weighted by molar-refractivity contribution is 0.0961. The van der Waals surface area contributed by atoms with Gasteiger partial charge in [0.2, 0.25) is 5.88 Å². The Balaban J connectivity index is 1.69. The summed E-state index contributed by atoms with van der Waals surface area (Å²) in [5.74, 6) is 0.677. The summed E-state index contributed by atoms with van der Waals surface area (Å²) in [4.78, 5) is 2.33. The molecular weight excluding hydrogens is 393 g/mol. The third-order valence-electron chi connectivity index (χ3n) is 5.64. The molecule has 1 aliphatic carbocycles. The first-order valence-corrected chi connectivity index (χ1v) is 11.0. The van der Waals surface area contributed by atoms with Gasteiger partial charge in [0.1, 0.15) is 11.6 Å². The van der Waals surface area contributed by atoms with Crippen LogP contribution in [0.2, 0.25) is 0 Å². The summed E-state index contributed by atoms with van der Waals surface area (Å²) in [6, 6.07) is 16.4. The van der Waals surface area contributed by atoms with E-state index in [0.717, 1.165) is 42.6 Å². The van der Waals surface area contributed by atoms with Crippen LogP contribution in [0.15, 0.2) is 54.6 Å². The van der Waals surface area contributed by atoms with E-state index in [1.54, 1.807) is 16.8 Å². The molecule has 3 aromatic rings. The Labute approximate surface area is 183 Å². The third-order valence-corrected chi connectivity index (χ3v) is 5.64. The molecular formula is C25H30FN3O2. The van der Waals surface area contributed by atoms with Crippen LogP contribution < -0.4 is 4.74 Å². The van der Waals surface area contributed by atoms with Crippen LogP contribution in [0.3, 0.4) is 0 Å². The highest BCUT2D eigenvalue weighted by Crippen LogP contribution is 2.35. The summed E-state index contributed by atoms with van der Waals surface area (Å²) in [6.07, 6.45) is 3.69. The number of hydrogen-bond donors (Lipinski definition) is 1. The van der Waals surface area contributed by atoms with E-state index in [1.165, 1.54) is 12.1 Å². The first-order chi connectivity index (χ1) is 15.0. The van der Waals surface area contributed by atoms with Gasteiger partial charge in [-0.3, -0.25) is 4.90 Å². The molecule has 5 nitrogen and oxygen atoms in total. The van der Waals surface area contributed by atoms with E-state index in [2.05, 4.69) is 11.8 Å². The summed E-state index contributed by atoms with van der Waals surface area (Å²) in [7, 11) is 0. The Morgan fingerprint density at radius 2 is 1.97 bits per heavy atom. The number of hydrogen-bond acceptors (Lipinski definition) is 4. The fourth-order valence-electron chi connectivity index (χ4n) is 3.89. The van der Waals surface area contributed by atoms with Crippen LogP contribution in [-0.4, -0.2) is 38.5 Å². The lowest BCUT2D eigenvalue weighted by Gasteiger charge is -2.25. The summed E-state index contributed by atoms with van der Waals surface area (Å²) < 4.78 is 21.8. The highest BCUT2D eigenvalue weighted by molar-refractivity contribution is 5.43. The molecule has 164 valence electrons. The number of para-hydroxylation sites is 1. The van der Waals surface area contributed by atoms with Gasteiger partial charge in [-0.1, -0.05) is 37.6 Å². The molecule has 4 rings (SSSR count). The highest BCUT2D eigenvalue weighted by atomic mass is 19.1. The molecule has 31 heavy (non-hydrogen) atoms. The molecule has 2 aromatic carbocycles. The maximum Gasteiger partial charge on any atom is 0.227 e. The number of aromatic nitrogens is 2. The number of nitrogens with zero attached hydrogens (tertiary/aromatic N) is 3. The lowest BCUT2D eigenvalue weighted by atomic mass is 10.1. The molecule has 0 bridgehead atoms. The van der Waals surface area contributed by atoms with E-state index in [4.69, 9.17) is 9.84 Å². The fraction of sp³-hybridized carbons (Fsp3) is 0.400. The van der Waals surface area contributed by atoms with Gasteiger partial charge >= 0.3 is 0 Å². The maximum absolute atomic E-state index is 13.8. The summed E-state index contributed by atoms with van der Waals surface area (Å²) in [5, 5.41) is 15.2. The van der Waals surface area contributed by atoms with Crippen molar-refractivity contribution in [3.8, 4) is 17.3 Å². The lowest BCUT2D eigenvalue weighted by Crippen LogP contribution is -2.34. The van der Waals surface area contributed by atoms with Gasteiger partial charge in [0.15, 0.2) is 0 Å². The van der Waals surface area contributed by atoms with Gasteiger partial charge in [0.25, 0.3) is 0 Å². The molecule has 0 saturated heterocycles. The smallest absolute Gasteiger partial charge is 0.227 e. The molecule has 6 heteroatoms. The molecule has 0 aliphatic heterocycles. The average molecular weight is 424 g/mol. The van der Waals surface area contributed by atoms with Crippen molar-refractivity contribution in [2.24, 2.45) is 0 Å². The third kappa shape index (κ3) is 5.32. The summed E-state index contributed by atoms with van der Waals surface area (Å²) in [5.41, 5.74) is 2.71. The van der Waals surface area contributed by atoms with Crippen molar-refractivity contribution >= 4 is 0 Å². The SMILES string of the molecule is CCC[C@@H](O)CN(Cc1c(C)nn(-c2ccccc2)c1Oc1cccc(F)c1)C1CC1. The van der Waals surface area contributed by atoms with Gasteiger partial charge < -0.3 is 9.84 Å². The Bertz CT molecular complexity index is 1000. The van der Waals surface area contributed by atoms with Crippen molar-refractivity contribution in [1.82, 2.24) is 14.7 Å². The zero-order valence-corrected chi connectivity index (χ0v) is 18.2. The molecule has 0 amide bonds. The van der Waals surface area contributed by atoms with E-state index in [9.17, 15) is 9.50 Å². The second-order valence-corrected chi connectivity index (χ2v) is 8.28. The average Bonchev–Trinajstić information content (AvgIpc) is 3.55. The predicted molar refractivity (Wildman–Crippen MR) is 119 cm³/mol. The zero-order chi connectivity index (χ0) is 21.8. The molecule has 1 atom stereocenters. The van der Waals surface area contributed by atoms with Crippen LogP contribution in [0.4, 0.5) is 4.39 Å². The topological polar surface area (TPSA) is 50.5 Å². The van der Waals surface area contributed by atoms with Crippen molar-refractivity contribution in [2.75, 3.05) is 6.54 Å². The van der Waals surface area contributed by atoms with Gasteiger partial charge in [-0.2, -0.15) is 5.10 Å². The second-order valence-electron chi connectivity index (χ2n) is 8.28. The van der Waals surface area contributed by atoms with Gasteiger partial charge in [-0.15, -0.1) is 0 Å². The second kappa shape index (κ2) is 9.62. The standard InChI is InChI=1S/C25H30FN3O2/c1-3-8-22(30)16-28(20-13-14-20)17-24-18(2)27-29(21-10-5-4-6-11-21)25(24)31-23-12-7-9-19(26)15-23/h4-7,9-12,15,20,22,30H,3,8,13-14,16-17H2,1-2H3/t22-/m1/s1. The zero-order valence-electron chi connectivity index (χ0n) is 18.2. The number of ether oxygens (including phenoxy) is 1. The van der Waals surface area contributed by atoms with Crippen molar-refractivity contribution in [2.45, 2.75) is 58.2 Å². The minimum atomic E-state index is -0.345. The first-order valence-electron chi connectivity index (χ1n) is 11.0. The number of aliphatic hydroxyl groups is 1. The number of halogens is 1. The Morgan fingerprint density at radius 1 is 1.19 bits per heavy atom. The molecule has 0 spiro atoms. The van der Waals surface area contributed by atoms with Crippen LogP contribution in [-0.2, 0) is 6.54 Å². The van der Waals surface area contributed by atoms with Crippen LogP contribution in [0.5, 0.6) is 11.6 Å². The number of benzene rings is 2. The van der Waals surface area contributed by atoms with Crippen LogP contribution in [0, 0.1) is 12.7 Å². The largest absolute Gasteiger partial charge is 0.438 e. The molecule has 1 heterocycles. The van der Waals surface area contributed by atoms with E-state index in [-0.39, 0.29) is 11.9 Å². The maximum atomic E-state index is 13.8. The summed E-state index contributed by atoms with van der Waals surface area (Å²) >= 11 is 0. The quantitative estimate of drug-likeness (QED) is 0.485. The normalized spacial score (nSPS) is 14.7. The fourth-order valence-corrected chi connectivity index (χ4v) is 3.89. The highest BCUT2D eigenvalue weighted by Gasteiger charge is 2.32. The Morgan fingerprint density at radius 3 is 2.65 bits per heavy atom. The number of aryl methyl sites for hydroxylation is 1.